The second-order valence-corrected chi connectivity index (χ2v) is 7.32. The summed E-state index contributed by atoms with van der Waals surface area (Å²) in [7, 11) is 0. The largest absolute Gasteiger partial charge is 0.466 e. The van der Waals surface area contributed by atoms with Crippen molar-refractivity contribution >= 4 is 22.9 Å². The Kier molecular flexibility index (Phi) is 4.41. The number of rotatable bonds is 3. The number of nitrogens with two attached hydrogens (primary N) is 1. The molecule has 3 aromatic rings. The summed E-state index contributed by atoms with van der Waals surface area (Å²) in [6, 6.07) is 3.63. The Morgan fingerprint density at radius 2 is 2.04 bits per heavy atom. The molecule has 4 heterocycles. The highest BCUT2D eigenvalue weighted by Crippen LogP contribution is 2.31. The first-order valence-corrected chi connectivity index (χ1v) is 9.28. The van der Waals surface area contributed by atoms with Gasteiger partial charge in [0.05, 0.1) is 28.3 Å². The summed E-state index contributed by atoms with van der Waals surface area (Å²) in [5.74, 6) is 0.603. The summed E-state index contributed by atoms with van der Waals surface area (Å²) >= 11 is 0. The summed E-state index contributed by atoms with van der Waals surface area (Å²) in [5.41, 5.74) is 8.22. The lowest BCUT2D eigenvalue weighted by molar-refractivity contribution is -0.123. The lowest BCUT2D eigenvalue weighted by Gasteiger charge is -2.31. The molecule has 0 spiro atoms. The van der Waals surface area contributed by atoms with Gasteiger partial charge in [0.15, 0.2) is 0 Å². The quantitative estimate of drug-likeness (QED) is 0.745. The van der Waals surface area contributed by atoms with Crippen LogP contribution in [-0.4, -0.2) is 39.9 Å². The fourth-order valence-corrected chi connectivity index (χ4v) is 3.85. The fourth-order valence-electron chi connectivity index (χ4n) is 3.85. The Labute approximate surface area is 161 Å². The molecule has 8 heteroatoms. The number of carbonyl (C=O) groups is 2. The monoisotopic (exact) mass is 382 g/mol. The van der Waals surface area contributed by atoms with Crippen LogP contribution in [0, 0.1) is 26.7 Å². The van der Waals surface area contributed by atoms with Crippen molar-refractivity contribution < 1.29 is 18.5 Å². The molecule has 1 unspecified atom stereocenters. The zero-order valence-electron chi connectivity index (χ0n) is 16.1. The van der Waals surface area contributed by atoms with E-state index in [1.54, 1.807) is 17.9 Å². The molecule has 1 aliphatic heterocycles. The molecule has 146 valence electrons. The minimum Gasteiger partial charge on any atom is -0.466 e. The van der Waals surface area contributed by atoms with Gasteiger partial charge in [0, 0.05) is 18.7 Å². The zero-order chi connectivity index (χ0) is 20.0. The number of hydrogen-bond acceptors (Lipinski definition) is 6. The maximum Gasteiger partial charge on any atom is 0.259 e. The fraction of sp³-hybridized carbons (Fsp3) is 0.400. The molecule has 0 aliphatic carbocycles. The predicted molar refractivity (Wildman–Crippen MR) is 102 cm³/mol. The normalized spacial score (nSPS) is 17.2. The number of pyridine rings is 1. The first kappa shape index (κ1) is 18.2. The molecule has 1 aliphatic rings. The number of fused-ring (bicyclic) bond motifs is 1. The van der Waals surface area contributed by atoms with Crippen LogP contribution >= 0.6 is 0 Å². The van der Waals surface area contributed by atoms with Gasteiger partial charge in [-0.05, 0) is 45.7 Å². The van der Waals surface area contributed by atoms with Crippen molar-refractivity contribution in [3.63, 3.8) is 0 Å². The van der Waals surface area contributed by atoms with Crippen LogP contribution < -0.4 is 5.73 Å². The summed E-state index contributed by atoms with van der Waals surface area (Å²) < 4.78 is 11.0. The number of piperidine rings is 1. The molecule has 0 bridgehead atoms. The molecule has 0 saturated carbocycles. The van der Waals surface area contributed by atoms with Gasteiger partial charge < -0.3 is 19.6 Å². The number of amides is 2. The van der Waals surface area contributed by atoms with E-state index in [9.17, 15) is 9.59 Å². The summed E-state index contributed by atoms with van der Waals surface area (Å²) in [6.07, 6.45) is 1.44. The van der Waals surface area contributed by atoms with Crippen LogP contribution in [0.1, 0.15) is 40.4 Å². The van der Waals surface area contributed by atoms with Crippen LogP contribution in [0.4, 0.5) is 0 Å². The number of aryl methyl sites for hydroxylation is 3. The highest BCUT2D eigenvalue weighted by atomic mass is 16.5. The van der Waals surface area contributed by atoms with Gasteiger partial charge in [-0.1, -0.05) is 5.16 Å². The lowest BCUT2D eigenvalue weighted by atomic mass is 9.96. The first-order chi connectivity index (χ1) is 13.3. The third-order valence-corrected chi connectivity index (χ3v) is 5.28. The van der Waals surface area contributed by atoms with E-state index >= 15 is 0 Å². The molecule has 0 radical (unpaired) electrons. The van der Waals surface area contributed by atoms with Gasteiger partial charge in [0.2, 0.25) is 5.91 Å². The van der Waals surface area contributed by atoms with Gasteiger partial charge in [-0.3, -0.25) is 9.59 Å². The lowest BCUT2D eigenvalue weighted by Crippen LogP contribution is -2.44. The summed E-state index contributed by atoms with van der Waals surface area (Å²) in [5, 5.41) is 4.57. The molecule has 2 N–H and O–H groups in total. The second kappa shape index (κ2) is 6.78. The van der Waals surface area contributed by atoms with Gasteiger partial charge in [-0.25, -0.2) is 4.98 Å². The Hall–Kier alpha value is -3.16. The molecule has 2 amide bonds. The van der Waals surface area contributed by atoms with E-state index < -0.39 is 0 Å². The molecule has 28 heavy (non-hydrogen) atoms. The average Bonchev–Trinajstić information content (AvgIpc) is 3.22. The number of carbonyl (C=O) groups excluding carboxylic acids is 2. The van der Waals surface area contributed by atoms with Crippen molar-refractivity contribution in [3.8, 4) is 11.3 Å². The maximum absolute atomic E-state index is 13.4. The van der Waals surface area contributed by atoms with E-state index in [4.69, 9.17) is 14.7 Å². The van der Waals surface area contributed by atoms with E-state index in [1.807, 2.05) is 19.9 Å². The van der Waals surface area contributed by atoms with E-state index in [0.29, 0.717) is 53.3 Å². The summed E-state index contributed by atoms with van der Waals surface area (Å²) in [4.78, 5) is 31.2. The van der Waals surface area contributed by atoms with Crippen LogP contribution in [0.5, 0.6) is 0 Å². The molecule has 1 saturated heterocycles. The third kappa shape index (κ3) is 3.04. The van der Waals surface area contributed by atoms with Crippen molar-refractivity contribution in [2.24, 2.45) is 11.7 Å². The topological polar surface area (TPSA) is 115 Å². The van der Waals surface area contributed by atoms with Crippen LogP contribution in [0.25, 0.3) is 22.4 Å². The van der Waals surface area contributed by atoms with Gasteiger partial charge in [0.25, 0.3) is 11.6 Å². The number of furan rings is 1. The van der Waals surface area contributed by atoms with Gasteiger partial charge in [-0.2, -0.15) is 0 Å². The van der Waals surface area contributed by atoms with Crippen LogP contribution in [0.3, 0.4) is 0 Å². The molecule has 8 nitrogen and oxygen atoms in total. The number of aromatic nitrogens is 2. The first-order valence-electron chi connectivity index (χ1n) is 9.28. The Bertz CT molecular complexity index is 1080. The summed E-state index contributed by atoms with van der Waals surface area (Å²) in [6.45, 7) is 6.39. The SMILES string of the molecule is Cc1cc(-c2cc(C(=O)N3CCCC(C(N)=O)C3)c3c(C)noc3n2)c(C)o1. The average molecular weight is 382 g/mol. The Morgan fingerprint density at radius 3 is 2.71 bits per heavy atom. The van der Waals surface area contributed by atoms with Gasteiger partial charge in [-0.15, -0.1) is 0 Å². The van der Waals surface area contributed by atoms with E-state index in [2.05, 4.69) is 10.1 Å². The van der Waals surface area contributed by atoms with Crippen molar-refractivity contribution in [2.45, 2.75) is 33.6 Å². The maximum atomic E-state index is 13.4. The number of likely N-dealkylation sites (tertiary alicyclic amines) is 1. The molecule has 0 aromatic carbocycles. The predicted octanol–water partition coefficient (Wildman–Crippen LogP) is 2.75. The van der Waals surface area contributed by atoms with Crippen molar-refractivity contribution in [3.05, 3.63) is 34.9 Å². The molecule has 1 atom stereocenters. The van der Waals surface area contributed by atoms with Crippen molar-refractivity contribution in [2.75, 3.05) is 13.1 Å². The number of nitrogens with zero attached hydrogens (tertiary/aromatic N) is 3. The molecule has 4 rings (SSSR count). The Balaban J connectivity index is 1.81. The highest BCUT2D eigenvalue weighted by Gasteiger charge is 2.30. The van der Waals surface area contributed by atoms with Crippen molar-refractivity contribution in [1.82, 2.24) is 15.0 Å². The van der Waals surface area contributed by atoms with E-state index in [-0.39, 0.29) is 17.7 Å². The number of hydrogen-bond donors (Lipinski definition) is 1. The third-order valence-electron chi connectivity index (χ3n) is 5.28. The van der Waals surface area contributed by atoms with Gasteiger partial charge >= 0.3 is 0 Å². The minimum absolute atomic E-state index is 0.177. The van der Waals surface area contributed by atoms with E-state index in [0.717, 1.165) is 17.7 Å². The standard InChI is InChI=1S/C20H22N4O4/c1-10-7-14(12(3)27-10)16-8-15(17-11(2)23-28-19(17)22-16)20(26)24-6-4-5-13(9-24)18(21)25/h7-8,13H,4-6,9H2,1-3H3,(H2,21,25). The van der Waals surface area contributed by atoms with E-state index in [1.165, 1.54) is 0 Å². The van der Waals surface area contributed by atoms with Gasteiger partial charge in [0.1, 0.15) is 11.5 Å². The van der Waals surface area contributed by atoms with Crippen molar-refractivity contribution in [1.29, 1.82) is 0 Å². The molecular weight excluding hydrogens is 360 g/mol. The minimum atomic E-state index is -0.372. The highest BCUT2D eigenvalue weighted by molar-refractivity contribution is 6.07. The zero-order valence-corrected chi connectivity index (χ0v) is 16.1. The second-order valence-electron chi connectivity index (χ2n) is 7.32. The molecular formula is C20H22N4O4. The molecule has 1 fully saturated rings. The van der Waals surface area contributed by atoms with Crippen LogP contribution in [0.15, 0.2) is 21.1 Å². The smallest absolute Gasteiger partial charge is 0.259 e. The molecule has 3 aromatic heterocycles. The Morgan fingerprint density at radius 1 is 1.25 bits per heavy atom. The number of primary amides is 1. The van der Waals surface area contributed by atoms with Crippen LogP contribution in [-0.2, 0) is 4.79 Å². The van der Waals surface area contributed by atoms with Crippen LogP contribution in [0.2, 0.25) is 0 Å².